The summed E-state index contributed by atoms with van der Waals surface area (Å²) in [4.78, 5) is 16.3. The smallest absolute Gasteiger partial charge is 0.419 e. The molecule has 0 aliphatic carbocycles. The zero-order chi connectivity index (χ0) is 20.5. The van der Waals surface area contributed by atoms with E-state index in [2.05, 4.69) is 15.9 Å². The highest BCUT2D eigenvalue weighted by atomic mass is 16.5. The van der Waals surface area contributed by atoms with Gasteiger partial charge < -0.3 is 19.2 Å². The number of oxazole rings is 1. The first-order valence-corrected chi connectivity index (χ1v) is 9.89. The number of anilines is 1. The minimum Gasteiger partial charge on any atom is -0.495 e. The molecule has 1 aliphatic rings. The average Bonchev–Trinajstić information content (AvgIpc) is 3.05. The summed E-state index contributed by atoms with van der Waals surface area (Å²) in [6.45, 7) is 5.46. The van der Waals surface area contributed by atoms with Gasteiger partial charge in [0.05, 0.1) is 24.4 Å². The number of benzene rings is 2. The second-order valence-corrected chi connectivity index (χ2v) is 7.53. The van der Waals surface area contributed by atoms with E-state index in [9.17, 15) is 9.90 Å². The number of hydrogen-bond donors (Lipinski definition) is 1. The first-order chi connectivity index (χ1) is 14.0. The molecule has 0 saturated carbocycles. The number of ether oxygens (including phenoxy) is 1. The summed E-state index contributed by atoms with van der Waals surface area (Å²) in [5.74, 6) is 0.485. The van der Waals surface area contributed by atoms with Crippen molar-refractivity contribution in [2.24, 2.45) is 7.05 Å². The van der Waals surface area contributed by atoms with Crippen LogP contribution in [0.15, 0.2) is 51.7 Å². The van der Waals surface area contributed by atoms with Gasteiger partial charge in [-0.05, 0) is 36.8 Å². The normalized spacial score (nSPS) is 17.4. The maximum Gasteiger partial charge on any atom is 0.419 e. The molecule has 1 N–H and O–H groups in total. The molecule has 0 bridgehead atoms. The third kappa shape index (κ3) is 3.63. The number of methoxy groups -OCH3 is 1. The fraction of sp³-hybridized carbons (Fsp3) is 0.409. The molecule has 0 unspecified atom stereocenters. The van der Waals surface area contributed by atoms with Crippen LogP contribution >= 0.6 is 0 Å². The van der Waals surface area contributed by atoms with Gasteiger partial charge in [-0.1, -0.05) is 18.2 Å². The summed E-state index contributed by atoms with van der Waals surface area (Å²) in [5.41, 5.74) is 3.09. The Bertz CT molecular complexity index is 1050. The molecule has 3 aromatic rings. The second-order valence-electron chi connectivity index (χ2n) is 7.53. The van der Waals surface area contributed by atoms with Crippen LogP contribution in [0.1, 0.15) is 18.6 Å². The van der Waals surface area contributed by atoms with Gasteiger partial charge in [-0.25, -0.2) is 4.79 Å². The van der Waals surface area contributed by atoms with E-state index >= 15 is 0 Å². The molecule has 2 heterocycles. The zero-order valence-corrected chi connectivity index (χ0v) is 17.0. The summed E-state index contributed by atoms with van der Waals surface area (Å²) < 4.78 is 12.2. The van der Waals surface area contributed by atoms with E-state index in [4.69, 9.17) is 9.15 Å². The molecule has 0 amide bonds. The maximum absolute atomic E-state index is 11.7. The Morgan fingerprint density at radius 3 is 2.55 bits per heavy atom. The number of aromatic nitrogens is 1. The van der Waals surface area contributed by atoms with Crippen molar-refractivity contribution in [3.8, 4) is 5.75 Å². The quantitative estimate of drug-likeness (QED) is 0.713. The fourth-order valence-electron chi connectivity index (χ4n) is 4.07. The Kier molecular flexibility index (Phi) is 5.34. The van der Waals surface area contributed by atoms with Crippen molar-refractivity contribution >= 4 is 16.8 Å². The largest absolute Gasteiger partial charge is 0.495 e. The topological polar surface area (TPSA) is 71.1 Å². The van der Waals surface area contributed by atoms with Gasteiger partial charge in [0.15, 0.2) is 5.58 Å². The van der Waals surface area contributed by atoms with Crippen molar-refractivity contribution < 1.29 is 14.3 Å². The minimum absolute atomic E-state index is 0.0531. The molecule has 0 spiro atoms. The molecule has 154 valence electrons. The lowest BCUT2D eigenvalue weighted by Crippen LogP contribution is -2.51. The van der Waals surface area contributed by atoms with E-state index in [0.717, 1.165) is 48.7 Å². The van der Waals surface area contributed by atoms with E-state index in [1.54, 1.807) is 20.2 Å². The highest BCUT2D eigenvalue weighted by Crippen LogP contribution is 2.30. The van der Waals surface area contributed by atoms with E-state index < -0.39 is 11.9 Å². The average molecular weight is 397 g/mol. The Labute approximate surface area is 169 Å². The van der Waals surface area contributed by atoms with Crippen molar-refractivity contribution in [3.05, 3.63) is 58.6 Å². The lowest BCUT2D eigenvalue weighted by atomic mass is 10.0. The summed E-state index contributed by atoms with van der Waals surface area (Å²) in [5, 5.41) is 10.9. The summed E-state index contributed by atoms with van der Waals surface area (Å²) in [6.07, 6.45) is -0.664. The molecule has 1 saturated heterocycles. The van der Waals surface area contributed by atoms with Crippen LogP contribution in [0.3, 0.4) is 0 Å². The van der Waals surface area contributed by atoms with Crippen LogP contribution in [-0.4, -0.2) is 53.9 Å². The standard InChI is InChI=1S/C22H27N3O4/c1-15(21(26)16-8-9-17-20(14-16)29-22(27)23(17)2)24-10-12-25(13-11-24)18-6-4-5-7-19(18)28-3/h4-9,14-15,21,26H,10-13H2,1-3H3/t15-,21-/m0/s1. The SMILES string of the molecule is COc1ccccc1N1CCN([C@@H](C)[C@H](O)c2ccc3c(c2)oc(=O)n3C)CC1. The van der Waals surface area contributed by atoms with Gasteiger partial charge in [0.2, 0.25) is 0 Å². The monoisotopic (exact) mass is 397 g/mol. The number of aliphatic hydroxyl groups is 1. The van der Waals surface area contributed by atoms with Crippen LogP contribution in [0.2, 0.25) is 0 Å². The number of piperazine rings is 1. The molecule has 1 fully saturated rings. The molecule has 4 rings (SSSR count). The Morgan fingerprint density at radius 1 is 1.10 bits per heavy atom. The summed E-state index contributed by atoms with van der Waals surface area (Å²) in [7, 11) is 3.37. The Balaban J connectivity index is 1.45. The van der Waals surface area contributed by atoms with E-state index in [1.807, 2.05) is 37.3 Å². The number of hydrogen-bond acceptors (Lipinski definition) is 6. The highest BCUT2D eigenvalue weighted by Gasteiger charge is 2.28. The number of aliphatic hydroxyl groups excluding tert-OH is 1. The minimum atomic E-state index is -0.664. The van der Waals surface area contributed by atoms with Gasteiger partial charge in [-0.3, -0.25) is 9.47 Å². The summed E-state index contributed by atoms with van der Waals surface area (Å²) in [6, 6.07) is 13.5. The van der Waals surface area contributed by atoms with Gasteiger partial charge >= 0.3 is 5.76 Å². The van der Waals surface area contributed by atoms with Crippen molar-refractivity contribution in [1.29, 1.82) is 0 Å². The van der Waals surface area contributed by atoms with Crippen molar-refractivity contribution in [1.82, 2.24) is 9.47 Å². The molecule has 29 heavy (non-hydrogen) atoms. The lowest BCUT2D eigenvalue weighted by molar-refractivity contribution is 0.0545. The van der Waals surface area contributed by atoms with Gasteiger partial charge in [0, 0.05) is 39.3 Å². The molecule has 7 heteroatoms. The van der Waals surface area contributed by atoms with Crippen LogP contribution in [0.25, 0.3) is 11.1 Å². The summed E-state index contributed by atoms with van der Waals surface area (Å²) >= 11 is 0. The third-order valence-electron chi connectivity index (χ3n) is 5.93. The van der Waals surface area contributed by atoms with Gasteiger partial charge in [-0.2, -0.15) is 0 Å². The Morgan fingerprint density at radius 2 is 1.83 bits per heavy atom. The molecule has 0 radical (unpaired) electrons. The fourth-order valence-corrected chi connectivity index (χ4v) is 4.07. The van der Waals surface area contributed by atoms with Crippen molar-refractivity contribution in [2.45, 2.75) is 19.1 Å². The zero-order valence-electron chi connectivity index (χ0n) is 17.0. The van der Waals surface area contributed by atoms with Crippen molar-refractivity contribution in [2.75, 3.05) is 38.2 Å². The van der Waals surface area contributed by atoms with Crippen LogP contribution in [0.4, 0.5) is 5.69 Å². The number of fused-ring (bicyclic) bond motifs is 1. The molecule has 2 aromatic carbocycles. The van der Waals surface area contributed by atoms with Crippen LogP contribution in [0.5, 0.6) is 5.75 Å². The van der Waals surface area contributed by atoms with Crippen LogP contribution < -0.4 is 15.4 Å². The van der Waals surface area contributed by atoms with E-state index in [1.165, 1.54) is 4.57 Å². The maximum atomic E-state index is 11.7. The molecule has 2 atom stereocenters. The van der Waals surface area contributed by atoms with Gasteiger partial charge in [-0.15, -0.1) is 0 Å². The Hall–Kier alpha value is -2.77. The molecular weight excluding hydrogens is 370 g/mol. The van der Waals surface area contributed by atoms with Crippen molar-refractivity contribution in [3.63, 3.8) is 0 Å². The first kappa shape index (κ1) is 19.5. The molecule has 7 nitrogen and oxygen atoms in total. The number of rotatable bonds is 5. The first-order valence-electron chi connectivity index (χ1n) is 9.89. The number of nitrogens with zero attached hydrogens (tertiary/aromatic N) is 3. The van der Waals surface area contributed by atoms with Gasteiger partial charge in [0.25, 0.3) is 0 Å². The number of aryl methyl sites for hydroxylation is 1. The van der Waals surface area contributed by atoms with Crippen LogP contribution in [0, 0.1) is 0 Å². The second kappa shape index (κ2) is 7.93. The highest BCUT2D eigenvalue weighted by molar-refractivity contribution is 5.73. The number of para-hydroxylation sites is 2. The van der Waals surface area contributed by atoms with E-state index in [0.29, 0.717) is 5.58 Å². The predicted molar refractivity (Wildman–Crippen MR) is 113 cm³/mol. The van der Waals surface area contributed by atoms with Crippen LogP contribution in [-0.2, 0) is 7.05 Å². The lowest BCUT2D eigenvalue weighted by Gasteiger charge is -2.40. The molecular formula is C22H27N3O4. The third-order valence-corrected chi connectivity index (χ3v) is 5.93. The van der Waals surface area contributed by atoms with E-state index in [-0.39, 0.29) is 6.04 Å². The molecule has 1 aromatic heterocycles. The van der Waals surface area contributed by atoms with Gasteiger partial charge in [0.1, 0.15) is 5.75 Å². The molecule has 1 aliphatic heterocycles. The predicted octanol–water partition coefficient (Wildman–Crippen LogP) is 2.38.